The second-order valence-electron chi connectivity index (χ2n) is 4.61. The molecule has 0 N–H and O–H groups in total. The molecule has 3 nitrogen and oxygen atoms in total. The number of amides is 1. The highest BCUT2D eigenvalue weighted by Gasteiger charge is 2.27. The maximum Gasteiger partial charge on any atom is 0.224 e. The molecular formula is C14H13ClN2O. The van der Waals surface area contributed by atoms with Crippen molar-refractivity contribution < 1.29 is 4.79 Å². The van der Waals surface area contributed by atoms with Crippen LogP contribution < -0.4 is 0 Å². The van der Waals surface area contributed by atoms with Crippen LogP contribution in [-0.2, 0) is 11.3 Å². The first-order chi connectivity index (χ1) is 8.72. The molecule has 1 atom stereocenters. The Labute approximate surface area is 110 Å². The second kappa shape index (κ2) is 4.58. The van der Waals surface area contributed by atoms with Crippen LogP contribution >= 0.6 is 11.6 Å². The third-order valence-corrected chi connectivity index (χ3v) is 3.50. The third-order valence-electron chi connectivity index (χ3n) is 3.21. The first-order valence-corrected chi connectivity index (χ1v) is 6.41. The van der Waals surface area contributed by atoms with Gasteiger partial charge in [0, 0.05) is 31.1 Å². The number of hydrogen-bond donors (Lipinski definition) is 0. The van der Waals surface area contributed by atoms with Crippen molar-refractivity contribution in [3.8, 4) is 0 Å². The summed E-state index contributed by atoms with van der Waals surface area (Å²) in [5.41, 5.74) is 2.06. The van der Waals surface area contributed by atoms with E-state index in [0.29, 0.717) is 19.5 Å². The molecule has 1 aliphatic heterocycles. The second-order valence-corrected chi connectivity index (χ2v) is 5.22. The lowest BCUT2D eigenvalue weighted by molar-refractivity contribution is -0.128. The lowest BCUT2D eigenvalue weighted by Crippen LogP contribution is -2.24. The van der Waals surface area contributed by atoms with Gasteiger partial charge < -0.3 is 4.90 Å². The van der Waals surface area contributed by atoms with Crippen molar-refractivity contribution in [1.82, 2.24) is 9.88 Å². The van der Waals surface area contributed by atoms with Crippen LogP contribution in [0.1, 0.15) is 12.0 Å². The van der Waals surface area contributed by atoms with Crippen molar-refractivity contribution in [2.24, 2.45) is 0 Å². The number of hydrogen-bond acceptors (Lipinski definition) is 2. The summed E-state index contributed by atoms with van der Waals surface area (Å²) in [6.07, 6.45) is 2.23. The minimum Gasteiger partial charge on any atom is -0.337 e. The van der Waals surface area contributed by atoms with E-state index in [2.05, 4.69) is 4.98 Å². The van der Waals surface area contributed by atoms with E-state index < -0.39 is 0 Å². The zero-order valence-electron chi connectivity index (χ0n) is 9.84. The molecule has 0 bridgehead atoms. The molecule has 1 unspecified atom stereocenters. The smallest absolute Gasteiger partial charge is 0.224 e. The fourth-order valence-electron chi connectivity index (χ4n) is 2.31. The fourth-order valence-corrected chi connectivity index (χ4v) is 2.61. The van der Waals surface area contributed by atoms with Crippen LogP contribution in [0.15, 0.2) is 36.5 Å². The average molecular weight is 261 g/mol. The van der Waals surface area contributed by atoms with Gasteiger partial charge in [0.25, 0.3) is 0 Å². The predicted octanol–water partition coefficient (Wildman–Crippen LogP) is 2.57. The van der Waals surface area contributed by atoms with Crippen LogP contribution in [0.25, 0.3) is 10.9 Å². The summed E-state index contributed by atoms with van der Waals surface area (Å²) in [5, 5.41) is 1.07. The van der Waals surface area contributed by atoms with Gasteiger partial charge in [-0.15, -0.1) is 11.6 Å². The van der Waals surface area contributed by atoms with Crippen LogP contribution in [0, 0.1) is 0 Å². The number of benzene rings is 1. The molecule has 1 aromatic heterocycles. The fraction of sp³-hybridized carbons (Fsp3) is 0.286. The molecular weight excluding hydrogens is 248 g/mol. The van der Waals surface area contributed by atoms with Crippen LogP contribution in [0.3, 0.4) is 0 Å². The first kappa shape index (κ1) is 11.5. The summed E-state index contributed by atoms with van der Waals surface area (Å²) in [5.74, 6) is 0.135. The highest BCUT2D eigenvalue weighted by atomic mass is 35.5. The SMILES string of the molecule is O=C1CC(Cl)CN1Cc1ccc2cccnc2c1. The van der Waals surface area contributed by atoms with Gasteiger partial charge in [0.2, 0.25) is 5.91 Å². The number of carbonyl (C=O) groups is 1. The molecule has 1 fully saturated rings. The zero-order chi connectivity index (χ0) is 12.5. The van der Waals surface area contributed by atoms with Crippen LogP contribution in [0.2, 0.25) is 0 Å². The van der Waals surface area contributed by atoms with E-state index >= 15 is 0 Å². The highest BCUT2D eigenvalue weighted by Crippen LogP contribution is 2.20. The summed E-state index contributed by atoms with van der Waals surface area (Å²) in [7, 11) is 0. The van der Waals surface area contributed by atoms with Crippen molar-refractivity contribution in [1.29, 1.82) is 0 Å². The van der Waals surface area contributed by atoms with Gasteiger partial charge in [-0.2, -0.15) is 0 Å². The topological polar surface area (TPSA) is 33.2 Å². The Morgan fingerprint density at radius 3 is 3.06 bits per heavy atom. The maximum atomic E-state index is 11.7. The van der Waals surface area contributed by atoms with E-state index in [9.17, 15) is 4.79 Å². The molecule has 2 heterocycles. The molecule has 0 spiro atoms. The Morgan fingerprint density at radius 1 is 1.39 bits per heavy atom. The summed E-state index contributed by atoms with van der Waals surface area (Å²) < 4.78 is 0. The van der Waals surface area contributed by atoms with Crippen LogP contribution in [0.4, 0.5) is 0 Å². The number of rotatable bonds is 2. The van der Waals surface area contributed by atoms with E-state index in [-0.39, 0.29) is 11.3 Å². The lowest BCUT2D eigenvalue weighted by Gasteiger charge is -2.15. The molecule has 3 rings (SSSR count). The number of likely N-dealkylation sites (tertiary alicyclic amines) is 1. The van der Waals surface area contributed by atoms with Crippen molar-refractivity contribution in [3.63, 3.8) is 0 Å². The van der Waals surface area contributed by atoms with Crippen LogP contribution in [-0.4, -0.2) is 27.7 Å². The molecule has 1 aromatic carbocycles. The van der Waals surface area contributed by atoms with E-state index in [1.807, 2.05) is 35.2 Å². The van der Waals surface area contributed by atoms with Gasteiger partial charge in [-0.1, -0.05) is 18.2 Å². The molecule has 0 saturated carbocycles. The minimum atomic E-state index is -0.0453. The minimum absolute atomic E-state index is 0.0453. The number of nitrogens with zero attached hydrogens (tertiary/aromatic N) is 2. The maximum absolute atomic E-state index is 11.7. The monoisotopic (exact) mass is 260 g/mol. The van der Waals surface area contributed by atoms with Gasteiger partial charge in [0.1, 0.15) is 0 Å². The lowest BCUT2D eigenvalue weighted by atomic mass is 10.1. The molecule has 0 radical (unpaired) electrons. The van der Waals surface area contributed by atoms with Crippen molar-refractivity contribution in [3.05, 3.63) is 42.1 Å². The zero-order valence-corrected chi connectivity index (χ0v) is 10.6. The number of alkyl halides is 1. The normalized spacial score (nSPS) is 19.7. The van der Waals surface area contributed by atoms with Gasteiger partial charge in [-0.05, 0) is 17.7 Å². The summed E-state index contributed by atoms with van der Waals surface area (Å²) in [4.78, 5) is 17.8. The van der Waals surface area contributed by atoms with Crippen molar-refractivity contribution >= 4 is 28.4 Å². The molecule has 18 heavy (non-hydrogen) atoms. The molecule has 1 aliphatic rings. The Bertz CT molecular complexity index is 599. The molecule has 1 amide bonds. The van der Waals surface area contributed by atoms with E-state index in [4.69, 9.17) is 11.6 Å². The average Bonchev–Trinajstić information content (AvgIpc) is 2.68. The molecule has 4 heteroatoms. The number of aromatic nitrogens is 1. The summed E-state index contributed by atoms with van der Waals surface area (Å²) >= 11 is 5.99. The van der Waals surface area contributed by atoms with Crippen molar-refractivity contribution in [2.75, 3.05) is 6.54 Å². The van der Waals surface area contributed by atoms with Crippen LogP contribution in [0.5, 0.6) is 0 Å². The standard InChI is InChI=1S/C14H13ClN2O/c15-12-7-14(18)17(9-12)8-10-3-4-11-2-1-5-16-13(11)6-10/h1-6,12H,7-9H2. The molecule has 92 valence electrons. The summed E-state index contributed by atoms with van der Waals surface area (Å²) in [6, 6.07) is 10.1. The Balaban J connectivity index is 1.84. The van der Waals surface area contributed by atoms with Crippen molar-refractivity contribution in [2.45, 2.75) is 18.3 Å². The Morgan fingerprint density at radius 2 is 2.28 bits per heavy atom. The first-order valence-electron chi connectivity index (χ1n) is 5.98. The Kier molecular flexibility index (Phi) is 2.92. The molecule has 1 saturated heterocycles. The number of fused-ring (bicyclic) bond motifs is 1. The van der Waals surface area contributed by atoms with Gasteiger partial charge >= 0.3 is 0 Å². The number of halogens is 1. The quantitative estimate of drug-likeness (QED) is 0.778. The van der Waals surface area contributed by atoms with E-state index in [1.165, 1.54) is 0 Å². The van der Waals surface area contributed by atoms with E-state index in [1.54, 1.807) is 6.20 Å². The van der Waals surface area contributed by atoms with Gasteiger partial charge in [0.05, 0.1) is 10.9 Å². The molecule has 0 aliphatic carbocycles. The summed E-state index contributed by atoms with van der Waals surface area (Å²) in [6.45, 7) is 1.26. The predicted molar refractivity (Wildman–Crippen MR) is 71.4 cm³/mol. The Hall–Kier alpha value is -1.61. The highest BCUT2D eigenvalue weighted by molar-refractivity contribution is 6.22. The van der Waals surface area contributed by atoms with Gasteiger partial charge in [0.15, 0.2) is 0 Å². The third kappa shape index (κ3) is 2.18. The van der Waals surface area contributed by atoms with E-state index in [0.717, 1.165) is 16.5 Å². The van der Waals surface area contributed by atoms with Gasteiger partial charge in [-0.3, -0.25) is 9.78 Å². The number of pyridine rings is 1. The number of carbonyl (C=O) groups excluding carboxylic acids is 1. The largest absolute Gasteiger partial charge is 0.337 e. The van der Waals surface area contributed by atoms with Gasteiger partial charge in [-0.25, -0.2) is 0 Å². The molecule has 2 aromatic rings.